The van der Waals surface area contributed by atoms with Gasteiger partial charge in [0, 0.05) is 31.9 Å². The van der Waals surface area contributed by atoms with Gasteiger partial charge >= 0.3 is 6.03 Å². The minimum atomic E-state index is 0.140. The lowest BCUT2D eigenvalue weighted by molar-refractivity contribution is 0.153. The lowest BCUT2D eigenvalue weighted by atomic mass is 9.98. The van der Waals surface area contributed by atoms with Crippen molar-refractivity contribution in [3.63, 3.8) is 0 Å². The van der Waals surface area contributed by atoms with Crippen molar-refractivity contribution in [3.8, 4) is 0 Å². The van der Waals surface area contributed by atoms with Crippen molar-refractivity contribution in [2.24, 2.45) is 11.8 Å². The van der Waals surface area contributed by atoms with E-state index in [4.69, 9.17) is 0 Å². The number of carbonyl (C=O) groups excluding carboxylic acids is 1. The van der Waals surface area contributed by atoms with Gasteiger partial charge in [-0.3, -0.25) is 4.68 Å². The van der Waals surface area contributed by atoms with Crippen LogP contribution in [0.5, 0.6) is 0 Å². The van der Waals surface area contributed by atoms with Crippen LogP contribution in [0.15, 0.2) is 6.20 Å². The summed E-state index contributed by atoms with van der Waals surface area (Å²) in [6.07, 6.45) is 12.7. The van der Waals surface area contributed by atoms with Crippen LogP contribution in [0.3, 0.4) is 0 Å². The monoisotopic (exact) mass is 361 g/mol. The number of carbonyl (C=O) groups is 1. The summed E-state index contributed by atoms with van der Waals surface area (Å²) in [4.78, 5) is 14.7. The molecule has 6 heteroatoms. The van der Waals surface area contributed by atoms with Gasteiger partial charge in [-0.2, -0.15) is 0 Å². The quantitative estimate of drug-likeness (QED) is 0.815. The third-order valence-electron chi connectivity index (χ3n) is 5.64. The number of amides is 2. The van der Waals surface area contributed by atoms with Gasteiger partial charge < -0.3 is 10.2 Å². The molecule has 2 amide bonds. The molecule has 0 bridgehead atoms. The Morgan fingerprint density at radius 2 is 1.96 bits per heavy atom. The van der Waals surface area contributed by atoms with Crippen molar-refractivity contribution < 1.29 is 4.79 Å². The minimum Gasteiger partial charge on any atom is -0.335 e. The molecule has 1 saturated heterocycles. The zero-order valence-corrected chi connectivity index (χ0v) is 16.5. The number of nitrogens with one attached hydrogen (secondary N) is 1. The van der Waals surface area contributed by atoms with Gasteiger partial charge in [0.15, 0.2) is 0 Å². The third kappa shape index (κ3) is 5.71. The molecular formula is C20H35N5O. The van der Waals surface area contributed by atoms with Crippen molar-refractivity contribution in [2.75, 3.05) is 13.1 Å². The Kier molecular flexibility index (Phi) is 6.92. The average Bonchev–Trinajstić information content (AvgIpc) is 2.88. The molecule has 26 heavy (non-hydrogen) atoms. The summed E-state index contributed by atoms with van der Waals surface area (Å²) in [7, 11) is 0. The van der Waals surface area contributed by atoms with E-state index in [1.165, 1.54) is 25.7 Å². The predicted molar refractivity (Wildman–Crippen MR) is 103 cm³/mol. The number of urea groups is 1. The van der Waals surface area contributed by atoms with Crippen LogP contribution in [0.1, 0.15) is 70.9 Å². The lowest BCUT2D eigenvalue weighted by Crippen LogP contribution is -2.49. The maximum atomic E-state index is 12.7. The highest BCUT2D eigenvalue weighted by molar-refractivity contribution is 5.74. The largest absolute Gasteiger partial charge is 0.335 e. The minimum absolute atomic E-state index is 0.140. The van der Waals surface area contributed by atoms with Crippen molar-refractivity contribution in [1.29, 1.82) is 0 Å². The Morgan fingerprint density at radius 1 is 1.19 bits per heavy atom. The van der Waals surface area contributed by atoms with Crippen LogP contribution in [-0.2, 0) is 13.0 Å². The SMILES string of the molecule is CC(C)Cc1cn(C[C@@H]2CCCN(C(=O)NC3CCCCCC3)C2)nn1. The molecule has 1 aliphatic heterocycles. The van der Waals surface area contributed by atoms with Gasteiger partial charge in [0.25, 0.3) is 0 Å². The summed E-state index contributed by atoms with van der Waals surface area (Å²) < 4.78 is 1.97. The van der Waals surface area contributed by atoms with E-state index >= 15 is 0 Å². The Hall–Kier alpha value is -1.59. The number of nitrogens with zero attached hydrogens (tertiary/aromatic N) is 4. The molecule has 1 aliphatic carbocycles. The van der Waals surface area contributed by atoms with Crippen molar-refractivity contribution in [3.05, 3.63) is 11.9 Å². The summed E-state index contributed by atoms with van der Waals surface area (Å²) in [6, 6.07) is 0.514. The maximum Gasteiger partial charge on any atom is 0.317 e. The van der Waals surface area contributed by atoms with E-state index < -0.39 is 0 Å². The van der Waals surface area contributed by atoms with E-state index in [0.717, 1.165) is 57.4 Å². The van der Waals surface area contributed by atoms with Gasteiger partial charge in [0.1, 0.15) is 0 Å². The molecular weight excluding hydrogens is 326 g/mol. The van der Waals surface area contributed by atoms with Gasteiger partial charge in [0.05, 0.1) is 5.69 Å². The molecule has 0 radical (unpaired) electrons. The molecule has 1 saturated carbocycles. The molecule has 0 aromatic carbocycles. The predicted octanol–water partition coefficient (Wildman–Crippen LogP) is 3.62. The molecule has 0 unspecified atom stereocenters. The number of piperidine rings is 1. The van der Waals surface area contributed by atoms with Gasteiger partial charge in [-0.1, -0.05) is 44.7 Å². The van der Waals surface area contributed by atoms with Gasteiger partial charge in [-0.05, 0) is 43.9 Å². The van der Waals surface area contributed by atoms with Gasteiger partial charge in [-0.25, -0.2) is 4.79 Å². The fraction of sp³-hybridized carbons (Fsp3) is 0.850. The van der Waals surface area contributed by atoms with E-state index in [0.29, 0.717) is 17.9 Å². The Labute approximate surface area is 157 Å². The van der Waals surface area contributed by atoms with E-state index in [2.05, 4.69) is 35.7 Å². The molecule has 0 spiro atoms. The first-order valence-corrected chi connectivity index (χ1v) is 10.5. The number of hydrogen-bond donors (Lipinski definition) is 1. The van der Waals surface area contributed by atoms with Crippen molar-refractivity contribution in [2.45, 2.75) is 84.2 Å². The summed E-state index contributed by atoms with van der Waals surface area (Å²) >= 11 is 0. The Balaban J connectivity index is 1.48. The molecule has 146 valence electrons. The zero-order chi connectivity index (χ0) is 18.4. The first-order valence-electron chi connectivity index (χ1n) is 10.5. The summed E-state index contributed by atoms with van der Waals surface area (Å²) in [6.45, 7) is 6.97. The number of hydrogen-bond acceptors (Lipinski definition) is 3. The number of likely N-dealkylation sites (tertiary alicyclic amines) is 1. The highest BCUT2D eigenvalue weighted by Gasteiger charge is 2.26. The highest BCUT2D eigenvalue weighted by Crippen LogP contribution is 2.20. The van der Waals surface area contributed by atoms with Crippen LogP contribution in [0.4, 0.5) is 4.79 Å². The maximum absolute atomic E-state index is 12.7. The van der Waals surface area contributed by atoms with Crippen LogP contribution in [0.2, 0.25) is 0 Å². The van der Waals surface area contributed by atoms with Crippen LogP contribution >= 0.6 is 0 Å². The van der Waals surface area contributed by atoms with Crippen LogP contribution < -0.4 is 5.32 Å². The third-order valence-corrected chi connectivity index (χ3v) is 5.64. The molecule has 2 aliphatic rings. The van der Waals surface area contributed by atoms with Crippen LogP contribution in [0.25, 0.3) is 0 Å². The van der Waals surface area contributed by atoms with Crippen molar-refractivity contribution in [1.82, 2.24) is 25.2 Å². The van der Waals surface area contributed by atoms with Crippen LogP contribution in [-0.4, -0.2) is 45.1 Å². The lowest BCUT2D eigenvalue weighted by Gasteiger charge is -2.33. The van der Waals surface area contributed by atoms with Gasteiger partial charge in [-0.15, -0.1) is 5.10 Å². The van der Waals surface area contributed by atoms with Gasteiger partial charge in [0.2, 0.25) is 0 Å². The molecule has 1 aromatic rings. The second-order valence-corrected chi connectivity index (χ2v) is 8.62. The van der Waals surface area contributed by atoms with E-state index in [-0.39, 0.29) is 6.03 Å². The molecule has 1 aromatic heterocycles. The smallest absolute Gasteiger partial charge is 0.317 e. The van der Waals surface area contributed by atoms with E-state index in [1.54, 1.807) is 0 Å². The Morgan fingerprint density at radius 3 is 2.69 bits per heavy atom. The second-order valence-electron chi connectivity index (χ2n) is 8.62. The highest BCUT2D eigenvalue weighted by atomic mass is 16.2. The normalized spacial score (nSPS) is 22.4. The fourth-order valence-electron chi connectivity index (χ4n) is 4.29. The molecule has 2 fully saturated rings. The average molecular weight is 362 g/mol. The van der Waals surface area contributed by atoms with E-state index in [1.807, 2.05) is 9.58 Å². The topological polar surface area (TPSA) is 63.1 Å². The summed E-state index contributed by atoms with van der Waals surface area (Å²) in [5, 5.41) is 11.9. The molecule has 6 nitrogen and oxygen atoms in total. The van der Waals surface area contributed by atoms with E-state index in [9.17, 15) is 4.79 Å². The standard InChI is InChI=1S/C20H35N5O/c1-16(2)12-19-15-25(23-22-19)14-17-8-7-11-24(13-17)20(26)21-18-9-5-3-4-6-10-18/h15-18H,3-14H2,1-2H3,(H,21,26)/t17-/m1/s1. The summed E-state index contributed by atoms with van der Waals surface area (Å²) in [5.74, 6) is 1.07. The fourth-order valence-corrected chi connectivity index (χ4v) is 4.29. The first kappa shape index (κ1) is 19.2. The second kappa shape index (κ2) is 9.38. The number of rotatable bonds is 5. The molecule has 2 heterocycles. The van der Waals surface area contributed by atoms with Crippen LogP contribution in [0, 0.1) is 11.8 Å². The molecule has 1 N–H and O–H groups in total. The zero-order valence-electron chi connectivity index (χ0n) is 16.5. The molecule has 1 atom stereocenters. The number of aromatic nitrogens is 3. The Bertz CT molecular complexity index is 562. The van der Waals surface area contributed by atoms with Crippen molar-refractivity contribution >= 4 is 6.03 Å². The molecule has 3 rings (SSSR count). The summed E-state index contributed by atoms with van der Waals surface area (Å²) in [5.41, 5.74) is 1.07. The first-order chi connectivity index (χ1) is 12.6.